The van der Waals surface area contributed by atoms with Crippen LogP contribution >= 0.6 is 0 Å². The summed E-state index contributed by atoms with van der Waals surface area (Å²) in [6.07, 6.45) is 3.28. The Morgan fingerprint density at radius 3 is 2.53 bits per heavy atom. The van der Waals surface area contributed by atoms with Gasteiger partial charge in [0, 0.05) is 23.3 Å². The average molecular weight is 466 g/mol. The Morgan fingerprint density at radius 2 is 1.85 bits per heavy atom. The van der Waals surface area contributed by atoms with Gasteiger partial charge in [-0.2, -0.15) is 5.10 Å². The summed E-state index contributed by atoms with van der Waals surface area (Å²) in [5.74, 6) is -1.35. The summed E-state index contributed by atoms with van der Waals surface area (Å²) in [5.41, 5.74) is 9.45. The highest BCUT2D eigenvalue weighted by molar-refractivity contribution is 6.09. The van der Waals surface area contributed by atoms with Gasteiger partial charge in [0.25, 0.3) is 0 Å². The molecule has 1 saturated heterocycles. The number of hydrogen-bond donors (Lipinski definition) is 3. The van der Waals surface area contributed by atoms with Gasteiger partial charge >= 0.3 is 5.97 Å². The highest BCUT2D eigenvalue weighted by Gasteiger charge is 2.42. The summed E-state index contributed by atoms with van der Waals surface area (Å²) >= 11 is 0. The Labute approximate surface area is 199 Å². The molecule has 0 aromatic heterocycles. The molecule has 8 heteroatoms. The highest BCUT2D eigenvalue weighted by atomic mass is 16.5. The number of aliphatic carboxylic acids is 1. The van der Waals surface area contributed by atoms with Crippen LogP contribution in [0.5, 0.6) is 0 Å². The molecule has 1 aliphatic heterocycles. The van der Waals surface area contributed by atoms with Crippen LogP contribution in [-0.2, 0) is 21.5 Å². The number of aryl methyl sites for hydroxylation is 1. The van der Waals surface area contributed by atoms with Crippen LogP contribution in [0.1, 0.15) is 51.9 Å². The Kier molecular flexibility index (Phi) is 7.41. The molecule has 1 aliphatic carbocycles. The number of fused-ring (bicyclic) bond motifs is 1. The zero-order valence-corrected chi connectivity index (χ0v) is 19.2. The molecule has 4 rings (SSSR count). The number of carboxylic acids is 1. The zero-order chi connectivity index (χ0) is 24.1. The van der Waals surface area contributed by atoms with E-state index in [1.807, 2.05) is 23.2 Å². The van der Waals surface area contributed by atoms with E-state index in [0.29, 0.717) is 37.2 Å². The minimum absolute atomic E-state index is 0.0679. The summed E-state index contributed by atoms with van der Waals surface area (Å²) in [7, 11) is 0. The fourth-order valence-corrected chi connectivity index (χ4v) is 4.90. The number of hydrogen-bond acceptors (Lipinski definition) is 7. The van der Waals surface area contributed by atoms with Crippen LogP contribution < -0.4 is 5.73 Å². The maximum absolute atomic E-state index is 13.2. The first kappa shape index (κ1) is 24.1. The van der Waals surface area contributed by atoms with Crippen LogP contribution in [0.3, 0.4) is 0 Å². The van der Waals surface area contributed by atoms with Crippen molar-refractivity contribution in [2.75, 3.05) is 32.9 Å². The molecular weight excluding hydrogens is 434 g/mol. The number of aliphatic hydroxyl groups excluding tert-OH is 1. The maximum atomic E-state index is 13.2. The molecule has 34 heavy (non-hydrogen) atoms. The SMILES string of the molecule is NC1(CCO)c2cc(C(=O)c3ccc(C=NN4CCOCC4)cc3)ccc2CCC1CC(=O)O. The predicted octanol–water partition coefficient (Wildman–Crippen LogP) is 2.16. The number of carbonyl (C=O) groups is 2. The molecule has 2 aliphatic rings. The molecular formula is C26H31N3O5. The number of nitrogens with zero attached hydrogens (tertiary/aromatic N) is 2. The van der Waals surface area contributed by atoms with Gasteiger partial charge in [-0.25, -0.2) is 0 Å². The van der Waals surface area contributed by atoms with Crippen molar-refractivity contribution in [2.45, 2.75) is 31.2 Å². The quantitative estimate of drug-likeness (QED) is 0.403. The molecule has 2 aromatic rings. The van der Waals surface area contributed by atoms with E-state index in [1.54, 1.807) is 30.5 Å². The molecule has 4 N–H and O–H groups in total. The number of carbonyl (C=O) groups excluding carboxylic acids is 1. The van der Waals surface area contributed by atoms with E-state index >= 15 is 0 Å². The lowest BCUT2D eigenvalue weighted by Crippen LogP contribution is -2.49. The van der Waals surface area contributed by atoms with E-state index in [0.717, 1.165) is 29.8 Å². The molecule has 2 aromatic carbocycles. The second-order valence-corrected chi connectivity index (χ2v) is 8.98. The predicted molar refractivity (Wildman–Crippen MR) is 128 cm³/mol. The van der Waals surface area contributed by atoms with Crippen LogP contribution in [0.25, 0.3) is 0 Å². The molecule has 180 valence electrons. The molecule has 0 spiro atoms. The molecule has 8 nitrogen and oxygen atoms in total. The molecule has 2 atom stereocenters. The van der Waals surface area contributed by atoms with E-state index in [1.165, 1.54) is 0 Å². The third kappa shape index (κ3) is 5.19. The van der Waals surface area contributed by atoms with Crippen molar-refractivity contribution in [1.82, 2.24) is 5.01 Å². The van der Waals surface area contributed by atoms with Crippen LogP contribution in [0, 0.1) is 5.92 Å². The second kappa shape index (κ2) is 10.5. The largest absolute Gasteiger partial charge is 0.481 e. The topological polar surface area (TPSA) is 125 Å². The van der Waals surface area contributed by atoms with Gasteiger partial charge in [-0.3, -0.25) is 14.6 Å². The van der Waals surface area contributed by atoms with E-state index in [-0.39, 0.29) is 31.1 Å². The minimum atomic E-state index is -0.989. The number of ketones is 1. The van der Waals surface area contributed by atoms with Crippen LogP contribution in [0.2, 0.25) is 0 Å². The normalized spacial score (nSPS) is 22.5. The lowest BCUT2D eigenvalue weighted by Gasteiger charge is -2.42. The molecule has 0 amide bonds. The van der Waals surface area contributed by atoms with E-state index in [2.05, 4.69) is 5.10 Å². The Morgan fingerprint density at radius 1 is 1.15 bits per heavy atom. The first-order valence-corrected chi connectivity index (χ1v) is 11.7. The second-order valence-electron chi connectivity index (χ2n) is 8.98. The Hall–Kier alpha value is -3.07. The van der Waals surface area contributed by atoms with Crippen LogP contribution in [0.15, 0.2) is 47.6 Å². The van der Waals surface area contributed by atoms with Gasteiger partial charge < -0.3 is 20.7 Å². The van der Waals surface area contributed by atoms with E-state index in [4.69, 9.17) is 10.5 Å². The zero-order valence-electron chi connectivity index (χ0n) is 19.2. The highest BCUT2D eigenvalue weighted by Crippen LogP contribution is 2.42. The lowest BCUT2D eigenvalue weighted by atomic mass is 9.66. The molecule has 1 heterocycles. The van der Waals surface area contributed by atoms with Gasteiger partial charge in [0.2, 0.25) is 0 Å². The molecule has 1 fully saturated rings. The smallest absolute Gasteiger partial charge is 0.303 e. The average Bonchev–Trinajstić information content (AvgIpc) is 2.85. The first-order valence-electron chi connectivity index (χ1n) is 11.7. The summed E-state index contributed by atoms with van der Waals surface area (Å²) in [5, 5.41) is 25.4. The number of hydrazone groups is 1. The first-order chi connectivity index (χ1) is 16.4. The van der Waals surface area contributed by atoms with Crippen molar-refractivity contribution in [3.8, 4) is 0 Å². The summed E-state index contributed by atoms with van der Waals surface area (Å²) in [4.78, 5) is 24.6. The fraction of sp³-hybridized carbons (Fsp3) is 0.423. The third-order valence-electron chi connectivity index (χ3n) is 6.84. The number of nitrogens with two attached hydrogens (primary N) is 1. The molecule has 0 saturated carbocycles. The van der Waals surface area contributed by atoms with Crippen molar-refractivity contribution in [1.29, 1.82) is 0 Å². The van der Waals surface area contributed by atoms with Crippen molar-refractivity contribution in [3.63, 3.8) is 0 Å². The summed E-state index contributed by atoms with van der Waals surface area (Å²) in [6, 6.07) is 12.8. The maximum Gasteiger partial charge on any atom is 0.303 e. The monoisotopic (exact) mass is 465 g/mol. The molecule has 0 bridgehead atoms. The van der Waals surface area contributed by atoms with Crippen molar-refractivity contribution in [3.05, 3.63) is 70.3 Å². The van der Waals surface area contributed by atoms with Crippen LogP contribution in [0.4, 0.5) is 0 Å². The Balaban J connectivity index is 1.55. The Bertz CT molecular complexity index is 1060. The summed E-state index contributed by atoms with van der Waals surface area (Å²) in [6.45, 7) is 2.71. The van der Waals surface area contributed by atoms with Gasteiger partial charge in [0.05, 0.1) is 38.9 Å². The number of morpholine rings is 1. The number of benzene rings is 2. The van der Waals surface area contributed by atoms with Gasteiger partial charge in [-0.15, -0.1) is 0 Å². The number of aliphatic hydroxyl groups is 1. The van der Waals surface area contributed by atoms with Gasteiger partial charge in [-0.1, -0.05) is 36.4 Å². The van der Waals surface area contributed by atoms with Gasteiger partial charge in [0.1, 0.15) is 0 Å². The van der Waals surface area contributed by atoms with Gasteiger partial charge in [-0.05, 0) is 47.9 Å². The minimum Gasteiger partial charge on any atom is -0.481 e. The van der Waals surface area contributed by atoms with Crippen molar-refractivity contribution < 1.29 is 24.5 Å². The summed E-state index contributed by atoms with van der Waals surface area (Å²) < 4.78 is 5.32. The number of rotatable bonds is 8. The standard InChI is InChI=1S/C26H31N3O5/c27-26(9-12-30)22(16-24(31)32)8-7-19-5-6-21(15-23(19)26)25(33)20-3-1-18(2-4-20)17-28-29-10-13-34-14-11-29/h1-6,15,17,22,30H,7-14,16,27H2,(H,31,32). The van der Waals surface area contributed by atoms with Crippen molar-refractivity contribution >= 4 is 18.0 Å². The van der Waals surface area contributed by atoms with Gasteiger partial charge in [0.15, 0.2) is 5.78 Å². The van der Waals surface area contributed by atoms with Crippen LogP contribution in [-0.4, -0.2) is 66.1 Å². The lowest BCUT2D eigenvalue weighted by molar-refractivity contribution is -0.139. The fourth-order valence-electron chi connectivity index (χ4n) is 4.90. The number of ether oxygens (including phenoxy) is 1. The van der Waals surface area contributed by atoms with Crippen molar-refractivity contribution in [2.24, 2.45) is 16.8 Å². The number of carboxylic acid groups (broad SMARTS) is 1. The van der Waals surface area contributed by atoms with E-state index < -0.39 is 11.5 Å². The molecule has 0 radical (unpaired) electrons. The van der Waals surface area contributed by atoms with E-state index in [9.17, 15) is 19.8 Å². The molecule has 2 unspecified atom stereocenters. The third-order valence-corrected chi connectivity index (χ3v) is 6.84.